The van der Waals surface area contributed by atoms with Gasteiger partial charge in [0.15, 0.2) is 0 Å². The molecule has 39 heavy (non-hydrogen) atoms. The summed E-state index contributed by atoms with van der Waals surface area (Å²) in [5.41, 5.74) is 0. The van der Waals surface area contributed by atoms with Crippen LogP contribution in [0.25, 0.3) is 0 Å². The molecule has 1 atom stereocenters. The topological polar surface area (TPSA) is 55.8 Å². The Kier molecular flexibility index (Phi) is 32.6. The first-order valence-electron chi connectivity index (χ1n) is 17.3. The smallest absolute Gasteiger partial charge is 0.306 e. The third-order valence-corrected chi connectivity index (χ3v) is 7.59. The van der Waals surface area contributed by atoms with Gasteiger partial charge in [-0.1, -0.05) is 148 Å². The maximum atomic E-state index is 12.1. The van der Waals surface area contributed by atoms with Crippen LogP contribution in [0.1, 0.15) is 181 Å². The van der Waals surface area contributed by atoms with Crippen molar-refractivity contribution in [3.05, 3.63) is 12.2 Å². The maximum Gasteiger partial charge on any atom is 0.306 e. The van der Waals surface area contributed by atoms with Crippen LogP contribution in [0, 0.1) is 0 Å². The zero-order valence-corrected chi connectivity index (χ0v) is 26.4. The number of allylic oxidation sites excluding steroid dienone is 2. The zero-order chi connectivity index (χ0) is 28.5. The van der Waals surface area contributed by atoms with Gasteiger partial charge in [-0.25, -0.2) is 0 Å². The van der Waals surface area contributed by atoms with Gasteiger partial charge < -0.3 is 14.6 Å². The molecule has 0 fully saturated rings. The SMILES string of the molecule is CCCCCCC/C=C\CCCCCCCC(=O)OC(CO)COCCCCCCCCCCCCCCC. The van der Waals surface area contributed by atoms with Crippen molar-refractivity contribution in [3.63, 3.8) is 0 Å². The number of esters is 1. The van der Waals surface area contributed by atoms with E-state index in [1.165, 1.54) is 141 Å². The molecule has 0 heterocycles. The molecule has 0 bridgehead atoms. The Bertz CT molecular complexity index is 505. The van der Waals surface area contributed by atoms with Gasteiger partial charge in [-0.3, -0.25) is 4.79 Å². The summed E-state index contributed by atoms with van der Waals surface area (Å²) in [4.78, 5) is 12.1. The first-order chi connectivity index (χ1) is 19.2. The number of carbonyl (C=O) groups excluding carboxylic acids is 1. The highest BCUT2D eigenvalue weighted by atomic mass is 16.6. The minimum Gasteiger partial charge on any atom is -0.457 e. The van der Waals surface area contributed by atoms with Crippen molar-refractivity contribution in [2.45, 2.75) is 187 Å². The van der Waals surface area contributed by atoms with Crippen LogP contribution < -0.4 is 0 Å². The van der Waals surface area contributed by atoms with Gasteiger partial charge in [-0.15, -0.1) is 0 Å². The minimum atomic E-state index is -0.530. The fraction of sp³-hybridized carbons (Fsp3) is 0.914. The highest BCUT2D eigenvalue weighted by Crippen LogP contribution is 2.13. The average Bonchev–Trinajstić information content (AvgIpc) is 2.94. The third kappa shape index (κ3) is 31.5. The predicted molar refractivity (Wildman–Crippen MR) is 168 cm³/mol. The zero-order valence-electron chi connectivity index (χ0n) is 26.4. The van der Waals surface area contributed by atoms with E-state index in [9.17, 15) is 9.90 Å². The molecule has 0 aromatic rings. The van der Waals surface area contributed by atoms with Crippen molar-refractivity contribution in [1.82, 2.24) is 0 Å². The van der Waals surface area contributed by atoms with E-state index in [2.05, 4.69) is 26.0 Å². The molecule has 0 aliphatic carbocycles. The second-order valence-corrected chi connectivity index (χ2v) is 11.6. The Morgan fingerprint density at radius 3 is 1.46 bits per heavy atom. The normalized spacial score (nSPS) is 12.4. The van der Waals surface area contributed by atoms with Crippen LogP contribution in [0.5, 0.6) is 0 Å². The molecule has 0 rings (SSSR count). The van der Waals surface area contributed by atoms with E-state index >= 15 is 0 Å². The maximum absolute atomic E-state index is 12.1. The molecule has 1 N–H and O–H groups in total. The molecule has 0 aliphatic heterocycles. The molecule has 0 saturated carbocycles. The number of rotatable bonds is 32. The average molecular weight is 553 g/mol. The fourth-order valence-electron chi connectivity index (χ4n) is 4.97. The van der Waals surface area contributed by atoms with Gasteiger partial charge in [0.05, 0.1) is 13.2 Å². The Morgan fingerprint density at radius 1 is 0.590 bits per heavy atom. The Morgan fingerprint density at radius 2 is 1.00 bits per heavy atom. The number of ether oxygens (including phenoxy) is 2. The van der Waals surface area contributed by atoms with Crippen LogP contribution in [0.4, 0.5) is 0 Å². The molecule has 0 aliphatic rings. The summed E-state index contributed by atoms with van der Waals surface area (Å²) in [7, 11) is 0. The van der Waals surface area contributed by atoms with E-state index < -0.39 is 6.10 Å². The van der Waals surface area contributed by atoms with E-state index in [-0.39, 0.29) is 12.6 Å². The van der Waals surface area contributed by atoms with E-state index in [0.29, 0.717) is 19.6 Å². The van der Waals surface area contributed by atoms with Crippen molar-refractivity contribution < 1.29 is 19.4 Å². The second kappa shape index (κ2) is 33.3. The van der Waals surface area contributed by atoms with Crippen molar-refractivity contribution in [2.75, 3.05) is 19.8 Å². The van der Waals surface area contributed by atoms with E-state index in [1.54, 1.807) is 0 Å². The summed E-state index contributed by atoms with van der Waals surface area (Å²) < 4.78 is 11.1. The summed E-state index contributed by atoms with van der Waals surface area (Å²) in [6.45, 7) is 5.34. The lowest BCUT2D eigenvalue weighted by Crippen LogP contribution is -2.27. The van der Waals surface area contributed by atoms with Gasteiger partial charge in [-0.2, -0.15) is 0 Å². The van der Waals surface area contributed by atoms with Crippen LogP contribution in [-0.4, -0.2) is 37.0 Å². The van der Waals surface area contributed by atoms with Gasteiger partial charge >= 0.3 is 5.97 Å². The Labute approximate surface area is 244 Å². The van der Waals surface area contributed by atoms with Crippen LogP contribution in [0.15, 0.2) is 12.2 Å². The van der Waals surface area contributed by atoms with Gasteiger partial charge in [0.1, 0.15) is 6.10 Å². The van der Waals surface area contributed by atoms with Gasteiger partial charge in [-0.05, 0) is 38.5 Å². The summed E-state index contributed by atoms with van der Waals surface area (Å²) in [6, 6.07) is 0. The van der Waals surface area contributed by atoms with Crippen LogP contribution in [0.2, 0.25) is 0 Å². The molecule has 0 aromatic heterocycles. The van der Waals surface area contributed by atoms with Gasteiger partial charge in [0.2, 0.25) is 0 Å². The largest absolute Gasteiger partial charge is 0.457 e. The molecule has 0 radical (unpaired) electrons. The van der Waals surface area contributed by atoms with Gasteiger partial charge in [0.25, 0.3) is 0 Å². The number of hydrogen-bond acceptors (Lipinski definition) is 4. The first kappa shape index (κ1) is 38.1. The quantitative estimate of drug-likeness (QED) is 0.0512. The number of aliphatic hydroxyl groups excluding tert-OH is 1. The van der Waals surface area contributed by atoms with E-state index in [0.717, 1.165) is 19.3 Å². The first-order valence-corrected chi connectivity index (χ1v) is 17.3. The Hall–Kier alpha value is -0.870. The lowest BCUT2D eigenvalue weighted by molar-refractivity contribution is -0.154. The van der Waals surface area contributed by atoms with Crippen LogP contribution >= 0.6 is 0 Å². The van der Waals surface area contributed by atoms with E-state index in [4.69, 9.17) is 9.47 Å². The number of carbonyl (C=O) groups is 1. The second-order valence-electron chi connectivity index (χ2n) is 11.6. The molecule has 0 spiro atoms. The number of aliphatic hydroxyl groups is 1. The molecule has 4 nitrogen and oxygen atoms in total. The molecule has 0 saturated heterocycles. The summed E-state index contributed by atoms with van der Waals surface area (Å²) in [5, 5.41) is 9.52. The molecule has 0 aromatic carbocycles. The molecule has 232 valence electrons. The molecule has 1 unspecified atom stereocenters. The third-order valence-electron chi connectivity index (χ3n) is 7.59. The standard InChI is InChI=1S/C35H68O4/c1-3-5-7-9-11-13-15-17-18-20-22-24-26-28-30-35(37)39-34(32-36)33-38-31-29-27-25-23-21-19-16-14-12-10-8-6-4-2/h15,17,34,36H,3-14,16,18-33H2,1-2H3/b17-15-. The van der Waals surface area contributed by atoms with Crippen LogP contribution in [0.3, 0.4) is 0 Å². The van der Waals surface area contributed by atoms with Crippen LogP contribution in [-0.2, 0) is 14.3 Å². The fourth-order valence-corrected chi connectivity index (χ4v) is 4.97. The van der Waals surface area contributed by atoms with Gasteiger partial charge in [0, 0.05) is 13.0 Å². The lowest BCUT2D eigenvalue weighted by atomic mass is 10.0. The molecular weight excluding hydrogens is 484 g/mol. The summed E-state index contributed by atoms with van der Waals surface area (Å²) in [6.07, 6.45) is 36.7. The highest BCUT2D eigenvalue weighted by molar-refractivity contribution is 5.69. The van der Waals surface area contributed by atoms with Crippen molar-refractivity contribution in [3.8, 4) is 0 Å². The molecular formula is C35H68O4. The minimum absolute atomic E-state index is 0.170. The van der Waals surface area contributed by atoms with E-state index in [1.807, 2.05) is 0 Å². The predicted octanol–water partition coefficient (Wildman–Crippen LogP) is 10.6. The summed E-state index contributed by atoms with van der Waals surface area (Å²) in [5.74, 6) is -0.208. The Balaban J connectivity index is 3.43. The van der Waals surface area contributed by atoms with Crippen molar-refractivity contribution >= 4 is 5.97 Å². The van der Waals surface area contributed by atoms with Crippen molar-refractivity contribution in [1.29, 1.82) is 0 Å². The summed E-state index contributed by atoms with van der Waals surface area (Å²) >= 11 is 0. The molecule has 4 heteroatoms. The highest BCUT2D eigenvalue weighted by Gasteiger charge is 2.13. The number of unbranched alkanes of at least 4 members (excludes halogenated alkanes) is 22. The monoisotopic (exact) mass is 553 g/mol. The molecule has 0 amide bonds. The lowest BCUT2D eigenvalue weighted by Gasteiger charge is -2.15. The van der Waals surface area contributed by atoms with Crippen molar-refractivity contribution in [2.24, 2.45) is 0 Å². The number of hydrogen-bond donors (Lipinski definition) is 1.